The highest BCUT2D eigenvalue weighted by molar-refractivity contribution is 7.91. The molecule has 0 radical (unpaired) electrons. The van der Waals surface area contributed by atoms with E-state index in [-0.39, 0.29) is 0 Å². The molecule has 0 bridgehead atoms. The molecule has 1 aromatic heterocycles. The zero-order valence-corrected chi connectivity index (χ0v) is 16.3. The molecule has 136 valence electrons. The van der Waals surface area contributed by atoms with Gasteiger partial charge < -0.3 is 5.11 Å². The van der Waals surface area contributed by atoms with Crippen LogP contribution in [0.4, 0.5) is 0 Å². The fourth-order valence-corrected chi connectivity index (χ4v) is 5.85. The van der Waals surface area contributed by atoms with Crippen molar-refractivity contribution in [2.45, 2.75) is 17.2 Å². The monoisotopic (exact) mass is 400 g/mol. The number of thiophene rings is 1. The normalized spacial score (nSPS) is 18.4. The number of sulfonamides is 1. The summed E-state index contributed by atoms with van der Waals surface area (Å²) in [7, 11) is -3.40. The summed E-state index contributed by atoms with van der Waals surface area (Å²) >= 11 is 7.17. The highest BCUT2D eigenvalue weighted by Gasteiger charge is 2.30. The molecule has 8 heteroatoms. The number of nitrogens with zero attached hydrogens (tertiary/aromatic N) is 2. The van der Waals surface area contributed by atoms with Gasteiger partial charge in [0, 0.05) is 42.6 Å². The van der Waals surface area contributed by atoms with Gasteiger partial charge in [-0.3, -0.25) is 4.90 Å². The maximum Gasteiger partial charge on any atom is 0.252 e. The van der Waals surface area contributed by atoms with Crippen LogP contribution in [-0.4, -0.2) is 55.5 Å². The van der Waals surface area contributed by atoms with Gasteiger partial charge in [0.1, 0.15) is 4.21 Å². The molecule has 1 atom stereocenters. The van der Waals surface area contributed by atoms with Crippen LogP contribution in [0.15, 0.2) is 40.6 Å². The number of benzene rings is 1. The van der Waals surface area contributed by atoms with Gasteiger partial charge in [0.05, 0.1) is 6.10 Å². The summed E-state index contributed by atoms with van der Waals surface area (Å²) in [5.41, 5.74) is 0.813. The van der Waals surface area contributed by atoms with E-state index in [2.05, 4.69) is 4.90 Å². The Morgan fingerprint density at radius 3 is 2.32 bits per heavy atom. The fraction of sp³-hybridized carbons (Fsp3) is 0.412. The second-order valence-electron chi connectivity index (χ2n) is 6.14. The Labute approximate surface area is 157 Å². The number of piperazine rings is 1. The molecule has 0 aliphatic carbocycles. The molecule has 2 aromatic rings. The Morgan fingerprint density at radius 2 is 1.76 bits per heavy atom. The van der Waals surface area contributed by atoms with E-state index < -0.39 is 16.1 Å². The van der Waals surface area contributed by atoms with Gasteiger partial charge in [-0.05, 0) is 36.8 Å². The van der Waals surface area contributed by atoms with Gasteiger partial charge in [0.15, 0.2) is 0 Å². The summed E-state index contributed by atoms with van der Waals surface area (Å²) in [6.07, 6.45) is -0.611. The van der Waals surface area contributed by atoms with Crippen molar-refractivity contribution in [1.82, 2.24) is 9.21 Å². The number of aryl methyl sites for hydroxylation is 1. The van der Waals surface area contributed by atoms with E-state index in [9.17, 15) is 13.5 Å². The molecule has 1 aromatic carbocycles. The standard InChI is InChI=1S/C17H21ClN2O3S2/c1-13-2-7-17(24-13)25(22,23)20-10-8-19(9-11-20)12-16(21)14-3-5-15(18)6-4-14/h2-7,16,21H,8-12H2,1H3/t16-/m1/s1. The average Bonchev–Trinajstić information content (AvgIpc) is 3.03. The topological polar surface area (TPSA) is 60.9 Å². The number of β-amino-alcohol motifs (C(OH)–C–C–N with tert-alkyl or cyclic N) is 1. The van der Waals surface area contributed by atoms with Crippen LogP contribution >= 0.6 is 22.9 Å². The third-order valence-corrected chi connectivity index (χ3v) is 7.95. The Kier molecular flexibility index (Phi) is 5.82. The van der Waals surface area contributed by atoms with Crippen molar-refractivity contribution in [2.24, 2.45) is 0 Å². The fourth-order valence-electron chi connectivity index (χ4n) is 2.87. The molecule has 0 amide bonds. The van der Waals surface area contributed by atoms with Gasteiger partial charge in [-0.25, -0.2) is 8.42 Å². The van der Waals surface area contributed by atoms with Crippen molar-refractivity contribution in [1.29, 1.82) is 0 Å². The van der Waals surface area contributed by atoms with Crippen LogP contribution in [0.2, 0.25) is 5.02 Å². The molecule has 0 unspecified atom stereocenters. The molecule has 1 aliphatic rings. The lowest BCUT2D eigenvalue weighted by Crippen LogP contribution is -2.49. The molecule has 0 spiro atoms. The zero-order chi connectivity index (χ0) is 18.0. The highest BCUT2D eigenvalue weighted by atomic mass is 35.5. The van der Waals surface area contributed by atoms with Crippen LogP contribution in [0.1, 0.15) is 16.5 Å². The van der Waals surface area contributed by atoms with Crippen molar-refractivity contribution in [3.05, 3.63) is 51.9 Å². The van der Waals surface area contributed by atoms with E-state index in [4.69, 9.17) is 11.6 Å². The lowest BCUT2D eigenvalue weighted by molar-refractivity contribution is 0.0921. The molecular weight excluding hydrogens is 380 g/mol. The van der Waals surface area contributed by atoms with Crippen molar-refractivity contribution >= 4 is 33.0 Å². The van der Waals surface area contributed by atoms with Gasteiger partial charge in [0.2, 0.25) is 0 Å². The first-order valence-electron chi connectivity index (χ1n) is 8.09. The maximum absolute atomic E-state index is 12.6. The number of hydrogen-bond acceptors (Lipinski definition) is 5. The predicted molar refractivity (Wildman–Crippen MR) is 101 cm³/mol. The Balaban J connectivity index is 1.57. The summed E-state index contributed by atoms with van der Waals surface area (Å²) in [5, 5.41) is 11.0. The van der Waals surface area contributed by atoms with Crippen molar-refractivity contribution in [3.8, 4) is 0 Å². The highest BCUT2D eigenvalue weighted by Crippen LogP contribution is 2.25. The van der Waals surface area contributed by atoms with Crippen LogP contribution in [-0.2, 0) is 10.0 Å². The van der Waals surface area contributed by atoms with Gasteiger partial charge in [-0.2, -0.15) is 4.31 Å². The number of aliphatic hydroxyl groups excluding tert-OH is 1. The predicted octanol–water partition coefficient (Wildman–Crippen LogP) is 2.75. The largest absolute Gasteiger partial charge is 0.387 e. The van der Waals surface area contributed by atoms with E-state index in [0.717, 1.165) is 10.4 Å². The number of aliphatic hydroxyl groups is 1. The second kappa shape index (κ2) is 7.73. The van der Waals surface area contributed by atoms with Gasteiger partial charge in [-0.15, -0.1) is 11.3 Å². The first-order valence-corrected chi connectivity index (χ1v) is 10.7. The summed E-state index contributed by atoms with van der Waals surface area (Å²) in [5.74, 6) is 0. The van der Waals surface area contributed by atoms with Gasteiger partial charge >= 0.3 is 0 Å². The minimum absolute atomic E-state index is 0.402. The number of hydrogen-bond donors (Lipinski definition) is 1. The third kappa shape index (κ3) is 4.42. The van der Waals surface area contributed by atoms with Crippen molar-refractivity contribution in [2.75, 3.05) is 32.7 Å². The lowest BCUT2D eigenvalue weighted by Gasteiger charge is -2.34. The smallest absolute Gasteiger partial charge is 0.252 e. The SMILES string of the molecule is Cc1ccc(S(=O)(=O)N2CCN(C[C@@H](O)c3ccc(Cl)cc3)CC2)s1. The van der Waals surface area contributed by atoms with Crippen LogP contribution < -0.4 is 0 Å². The minimum atomic E-state index is -3.40. The zero-order valence-electron chi connectivity index (χ0n) is 13.9. The van der Waals surface area contributed by atoms with E-state index in [1.807, 2.05) is 25.1 Å². The second-order valence-corrected chi connectivity index (χ2v) is 10.0. The van der Waals surface area contributed by atoms with E-state index >= 15 is 0 Å². The molecular formula is C17H21ClN2O3S2. The Hall–Kier alpha value is -0.960. The van der Waals surface area contributed by atoms with Crippen LogP contribution in [0.5, 0.6) is 0 Å². The first-order chi connectivity index (χ1) is 11.9. The molecule has 1 aliphatic heterocycles. The average molecular weight is 401 g/mol. The molecule has 1 saturated heterocycles. The van der Waals surface area contributed by atoms with Crippen LogP contribution in [0.25, 0.3) is 0 Å². The van der Waals surface area contributed by atoms with E-state index in [1.165, 1.54) is 15.6 Å². The van der Waals surface area contributed by atoms with Gasteiger partial charge in [0.25, 0.3) is 10.0 Å². The molecule has 2 heterocycles. The summed E-state index contributed by atoms with van der Waals surface area (Å²) in [6, 6.07) is 10.6. The Bertz CT molecular complexity index is 813. The van der Waals surface area contributed by atoms with Crippen molar-refractivity contribution in [3.63, 3.8) is 0 Å². The minimum Gasteiger partial charge on any atom is -0.387 e. The lowest BCUT2D eigenvalue weighted by atomic mass is 10.1. The molecule has 1 fully saturated rings. The molecule has 5 nitrogen and oxygen atoms in total. The number of halogens is 1. The molecule has 1 N–H and O–H groups in total. The Morgan fingerprint density at radius 1 is 1.12 bits per heavy atom. The quantitative estimate of drug-likeness (QED) is 0.838. The summed E-state index contributed by atoms with van der Waals surface area (Å²) in [4.78, 5) is 3.08. The van der Waals surface area contributed by atoms with Crippen LogP contribution in [0.3, 0.4) is 0 Å². The third-order valence-electron chi connectivity index (χ3n) is 4.33. The summed E-state index contributed by atoms with van der Waals surface area (Å²) < 4.78 is 27.2. The van der Waals surface area contributed by atoms with E-state index in [1.54, 1.807) is 18.2 Å². The maximum atomic E-state index is 12.6. The van der Waals surface area contributed by atoms with E-state index in [0.29, 0.717) is 42.0 Å². The molecule has 25 heavy (non-hydrogen) atoms. The van der Waals surface area contributed by atoms with Crippen molar-refractivity contribution < 1.29 is 13.5 Å². The first kappa shape index (κ1) is 18.8. The van der Waals surface area contributed by atoms with Crippen LogP contribution in [0, 0.1) is 6.92 Å². The molecule has 3 rings (SSSR count). The van der Waals surface area contributed by atoms with Gasteiger partial charge in [-0.1, -0.05) is 23.7 Å². The molecule has 0 saturated carbocycles. The number of rotatable bonds is 5. The summed E-state index contributed by atoms with van der Waals surface area (Å²) in [6.45, 7) is 4.47.